The Morgan fingerprint density at radius 1 is 0.971 bits per heavy atom. The molecule has 174 valence electrons. The number of anilines is 2. The molecule has 34 heavy (non-hydrogen) atoms. The van der Waals surface area contributed by atoms with Crippen LogP contribution in [0.4, 0.5) is 16.2 Å². The Labute approximate surface area is 196 Å². The quantitative estimate of drug-likeness (QED) is 0.517. The first-order valence-electron chi connectivity index (χ1n) is 10.6. The van der Waals surface area contributed by atoms with Crippen LogP contribution in [-0.4, -0.2) is 48.0 Å². The molecule has 1 N–H and O–H groups in total. The average Bonchev–Trinajstić information content (AvgIpc) is 3.09. The molecule has 9 heteroatoms. The summed E-state index contributed by atoms with van der Waals surface area (Å²) in [4.78, 5) is 46.1. The lowest BCUT2D eigenvalue weighted by atomic mass is 10.1. The molecule has 2 aromatic carbocycles. The molecule has 1 saturated heterocycles. The van der Waals surface area contributed by atoms with Gasteiger partial charge < -0.3 is 19.7 Å². The van der Waals surface area contributed by atoms with E-state index in [1.54, 1.807) is 74.1 Å². The topological polar surface area (TPSA) is 101 Å². The number of rotatable bonds is 8. The number of carbonyl (C=O) groups excluding carboxylic acids is 3. The van der Waals surface area contributed by atoms with Gasteiger partial charge in [-0.15, -0.1) is 0 Å². The summed E-state index contributed by atoms with van der Waals surface area (Å²) in [6, 6.07) is 15.6. The van der Waals surface area contributed by atoms with Crippen molar-refractivity contribution in [2.75, 3.05) is 24.4 Å². The molecule has 0 aliphatic carbocycles. The number of nitrogens with one attached hydrogen (secondary N) is 1. The zero-order valence-electron chi connectivity index (χ0n) is 18.8. The summed E-state index contributed by atoms with van der Waals surface area (Å²) >= 11 is 0. The SMILES string of the molecule is COc1ccc(NC(=O)C[C@H]2C(=O)N(c3ccc(OC)cc3)C(=O)N2Cc2cccnc2)cc1. The maximum atomic E-state index is 13.4. The molecule has 9 nitrogen and oxygen atoms in total. The Kier molecular flexibility index (Phi) is 6.72. The molecule has 3 aromatic rings. The van der Waals surface area contributed by atoms with Gasteiger partial charge in [-0.25, -0.2) is 9.69 Å². The molecule has 1 aromatic heterocycles. The number of amides is 4. The Morgan fingerprint density at radius 2 is 1.62 bits per heavy atom. The maximum absolute atomic E-state index is 13.4. The monoisotopic (exact) mass is 460 g/mol. The van der Waals surface area contributed by atoms with Crippen LogP contribution in [0.3, 0.4) is 0 Å². The number of urea groups is 1. The average molecular weight is 460 g/mol. The molecule has 1 aliphatic heterocycles. The predicted octanol–water partition coefficient (Wildman–Crippen LogP) is 3.47. The van der Waals surface area contributed by atoms with Gasteiger partial charge in [0.1, 0.15) is 17.5 Å². The van der Waals surface area contributed by atoms with Crippen molar-refractivity contribution in [3.63, 3.8) is 0 Å². The van der Waals surface area contributed by atoms with Crippen molar-refractivity contribution < 1.29 is 23.9 Å². The number of aromatic nitrogens is 1. The number of nitrogens with zero attached hydrogens (tertiary/aromatic N) is 3. The molecule has 0 unspecified atom stereocenters. The van der Waals surface area contributed by atoms with Gasteiger partial charge in [-0.2, -0.15) is 0 Å². The van der Waals surface area contributed by atoms with Crippen LogP contribution >= 0.6 is 0 Å². The molecular weight excluding hydrogens is 436 g/mol. The molecule has 2 heterocycles. The van der Waals surface area contributed by atoms with Crippen molar-refractivity contribution >= 4 is 29.2 Å². The van der Waals surface area contributed by atoms with Crippen molar-refractivity contribution in [3.05, 3.63) is 78.6 Å². The number of ether oxygens (including phenoxy) is 2. The van der Waals surface area contributed by atoms with E-state index in [-0.39, 0.29) is 18.9 Å². The highest BCUT2D eigenvalue weighted by molar-refractivity contribution is 6.22. The number of pyridine rings is 1. The summed E-state index contributed by atoms with van der Waals surface area (Å²) in [5, 5.41) is 2.78. The van der Waals surface area contributed by atoms with E-state index in [0.29, 0.717) is 22.9 Å². The third-order valence-electron chi connectivity index (χ3n) is 5.48. The van der Waals surface area contributed by atoms with Crippen molar-refractivity contribution in [2.24, 2.45) is 0 Å². The molecule has 4 amide bonds. The summed E-state index contributed by atoms with van der Waals surface area (Å²) in [5.41, 5.74) is 1.72. The first-order chi connectivity index (χ1) is 16.5. The highest BCUT2D eigenvalue weighted by atomic mass is 16.5. The van der Waals surface area contributed by atoms with Gasteiger partial charge in [-0.3, -0.25) is 14.6 Å². The fraction of sp³-hybridized carbons (Fsp3) is 0.200. The van der Waals surface area contributed by atoms with Crippen LogP contribution < -0.4 is 19.7 Å². The number of imide groups is 1. The molecule has 0 saturated carbocycles. The first kappa shape index (κ1) is 22.8. The van der Waals surface area contributed by atoms with Crippen LogP contribution in [0.15, 0.2) is 73.1 Å². The first-order valence-corrected chi connectivity index (χ1v) is 10.6. The fourth-order valence-corrected chi connectivity index (χ4v) is 3.73. The van der Waals surface area contributed by atoms with Crippen LogP contribution in [0.2, 0.25) is 0 Å². The number of hydrogen-bond acceptors (Lipinski definition) is 6. The van der Waals surface area contributed by atoms with E-state index in [1.807, 2.05) is 6.07 Å². The van der Waals surface area contributed by atoms with E-state index in [9.17, 15) is 14.4 Å². The van der Waals surface area contributed by atoms with E-state index in [1.165, 1.54) is 12.0 Å². The van der Waals surface area contributed by atoms with E-state index in [0.717, 1.165) is 10.5 Å². The van der Waals surface area contributed by atoms with E-state index < -0.39 is 18.0 Å². The summed E-state index contributed by atoms with van der Waals surface area (Å²) < 4.78 is 10.3. The van der Waals surface area contributed by atoms with Crippen LogP contribution in [-0.2, 0) is 16.1 Å². The Hall–Kier alpha value is -4.40. The molecule has 1 fully saturated rings. The highest BCUT2D eigenvalue weighted by Crippen LogP contribution is 2.30. The molecule has 4 rings (SSSR count). The zero-order chi connectivity index (χ0) is 24.1. The van der Waals surface area contributed by atoms with Crippen molar-refractivity contribution in [2.45, 2.75) is 19.0 Å². The Balaban J connectivity index is 1.57. The second kappa shape index (κ2) is 10.0. The van der Waals surface area contributed by atoms with Gasteiger partial charge in [-0.1, -0.05) is 6.07 Å². The van der Waals surface area contributed by atoms with Gasteiger partial charge in [0, 0.05) is 24.6 Å². The minimum Gasteiger partial charge on any atom is -0.497 e. The standard InChI is InChI=1S/C25H24N4O5/c1-33-20-9-5-18(6-10-20)27-23(30)14-22-24(31)29(19-7-11-21(34-2)12-8-19)25(32)28(22)16-17-4-3-13-26-15-17/h3-13,15,22H,14,16H2,1-2H3,(H,27,30)/t22-/m0/s1. The van der Waals surface area contributed by atoms with Gasteiger partial charge in [0.2, 0.25) is 5.91 Å². The van der Waals surface area contributed by atoms with Gasteiger partial charge in [0.05, 0.1) is 26.3 Å². The van der Waals surface area contributed by atoms with Gasteiger partial charge in [-0.05, 0) is 60.2 Å². The van der Waals surface area contributed by atoms with Crippen LogP contribution in [0, 0.1) is 0 Å². The molecule has 0 spiro atoms. The number of benzene rings is 2. The normalized spacial score (nSPS) is 15.4. The number of methoxy groups -OCH3 is 2. The van der Waals surface area contributed by atoms with Crippen molar-refractivity contribution in [3.8, 4) is 11.5 Å². The van der Waals surface area contributed by atoms with Crippen molar-refractivity contribution in [1.82, 2.24) is 9.88 Å². The lowest BCUT2D eigenvalue weighted by Gasteiger charge is -2.21. The minimum absolute atomic E-state index is 0.144. The maximum Gasteiger partial charge on any atom is 0.332 e. The minimum atomic E-state index is -0.965. The summed E-state index contributed by atoms with van der Waals surface area (Å²) in [6.45, 7) is 0.144. The second-order valence-corrected chi connectivity index (χ2v) is 7.64. The number of hydrogen-bond donors (Lipinski definition) is 1. The predicted molar refractivity (Wildman–Crippen MR) is 126 cm³/mol. The van der Waals surface area contributed by atoms with Crippen LogP contribution in [0.25, 0.3) is 0 Å². The Morgan fingerprint density at radius 3 is 2.21 bits per heavy atom. The molecule has 1 aliphatic rings. The zero-order valence-corrected chi connectivity index (χ0v) is 18.8. The largest absolute Gasteiger partial charge is 0.497 e. The number of carbonyl (C=O) groups is 3. The summed E-state index contributed by atoms with van der Waals surface area (Å²) in [7, 11) is 3.09. The van der Waals surface area contributed by atoms with Crippen LogP contribution in [0.1, 0.15) is 12.0 Å². The smallest absolute Gasteiger partial charge is 0.332 e. The van der Waals surface area contributed by atoms with Gasteiger partial charge in [0.25, 0.3) is 5.91 Å². The third kappa shape index (κ3) is 4.83. The lowest BCUT2D eigenvalue weighted by molar-refractivity contribution is -0.124. The van der Waals surface area contributed by atoms with Crippen molar-refractivity contribution in [1.29, 1.82) is 0 Å². The molecule has 1 atom stereocenters. The van der Waals surface area contributed by atoms with E-state index in [4.69, 9.17) is 9.47 Å². The molecular formula is C25H24N4O5. The molecule has 0 radical (unpaired) electrons. The van der Waals surface area contributed by atoms with Crippen LogP contribution in [0.5, 0.6) is 11.5 Å². The van der Waals surface area contributed by atoms with Gasteiger partial charge in [0.15, 0.2) is 0 Å². The Bertz CT molecular complexity index is 1170. The van der Waals surface area contributed by atoms with E-state index in [2.05, 4.69) is 10.3 Å². The highest BCUT2D eigenvalue weighted by Gasteiger charge is 2.46. The molecule has 0 bridgehead atoms. The fourth-order valence-electron chi connectivity index (χ4n) is 3.73. The third-order valence-corrected chi connectivity index (χ3v) is 5.48. The summed E-state index contributed by atoms with van der Waals surface area (Å²) in [5.74, 6) is 0.408. The lowest BCUT2D eigenvalue weighted by Crippen LogP contribution is -2.37. The van der Waals surface area contributed by atoms with Gasteiger partial charge >= 0.3 is 6.03 Å². The van der Waals surface area contributed by atoms with E-state index >= 15 is 0 Å². The summed E-state index contributed by atoms with van der Waals surface area (Å²) in [6.07, 6.45) is 3.07. The second-order valence-electron chi connectivity index (χ2n) is 7.64.